The van der Waals surface area contributed by atoms with Crippen LogP contribution in [0.15, 0.2) is 30.5 Å². The zero-order valence-corrected chi connectivity index (χ0v) is 21.0. The van der Waals surface area contributed by atoms with Gasteiger partial charge < -0.3 is 47.1 Å². The van der Waals surface area contributed by atoms with Crippen molar-refractivity contribution in [2.75, 3.05) is 0 Å². The average Bonchev–Trinajstić information content (AvgIpc) is 3.28. The maximum absolute atomic E-state index is 13.3. The summed E-state index contributed by atoms with van der Waals surface area (Å²) < 4.78 is 0. The summed E-state index contributed by atoms with van der Waals surface area (Å²) in [5, 5.41) is 43.3. The van der Waals surface area contributed by atoms with Crippen LogP contribution in [-0.2, 0) is 40.0 Å². The highest BCUT2D eigenvalue weighted by Crippen LogP contribution is 2.19. The van der Waals surface area contributed by atoms with E-state index in [9.17, 15) is 43.8 Å². The second-order valence-corrected chi connectivity index (χ2v) is 8.82. The molecule has 0 bridgehead atoms. The molecule has 10 N–H and O–H groups in total. The fourth-order valence-electron chi connectivity index (χ4n) is 3.72. The highest BCUT2D eigenvalue weighted by molar-refractivity contribution is 5.96. The van der Waals surface area contributed by atoms with Gasteiger partial charge in [-0.2, -0.15) is 0 Å². The molecule has 4 unspecified atom stereocenters. The molecule has 0 aliphatic rings. The molecule has 216 valence electrons. The first-order chi connectivity index (χ1) is 18.8. The minimum absolute atomic E-state index is 0.161. The van der Waals surface area contributed by atoms with Gasteiger partial charge in [0.15, 0.2) is 0 Å². The summed E-state index contributed by atoms with van der Waals surface area (Å²) in [5.41, 5.74) is 7.03. The van der Waals surface area contributed by atoms with E-state index in [1.807, 2.05) is 5.32 Å². The molecule has 16 heteroatoms. The Balaban J connectivity index is 2.31. The highest BCUT2D eigenvalue weighted by atomic mass is 16.4. The number of nitrogens with one attached hydrogen (secondary N) is 4. The van der Waals surface area contributed by atoms with Crippen LogP contribution in [-0.4, -0.2) is 91.2 Å². The first kappa shape index (κ1) is 31.2. The van der Waals surface area contributed by atoms with Gasteiger partial charge in [0, 0.05) is 29.9 Å². The van der Waals surface area contributed by atoms with E-state index < -0.39 is 85.0 Å². The van der Waals surface area contributed by atoms with Gasteiger partial charge in [-0.05, 0) is 18.1 Å². The minimum Gasteiger partial charge on any atom is -0.481 e. The molecule has 1 aromatic carbocycles. The molecule has 0 aliphatic heterocycles. The number of rotatable bonds is 16. The summed E-state index contributed by atoms with van der Waals surface area (Å²) in [7, 11) is 0. The fourth-order valence-corrected chi connectivity index (χ4v) is 3.72. The van der Waals surface area contributed by atoms with E-state index in [4.69, 9.17) is 15.9 Å². The average molecular weight is 564 g/mol. The van der Waals surface area contributed by atoms with Crippen molar-refractivity contribution in [2.45, 2.75) is 56.3 Å². The van der Waals surface area contributed by atoms with Crippen LogP contribution < -0.4 is 21.7 Å². The second kappa shape index (κ2) is 14.2. The number of aromatic nitrogens is 1. The maximum Gasteiger partial charge on any atom is 0.326 e. The smallest absolute Gasteiger partial charge is 0.326 e. The van der Waals surface area contributed by atoms with Crippen LogP contribution >= 0.6 is 0 Å². The lowest BCUT2D eigenvalue weighted by Crippen LogP contribution is -2.58. The molecule has 0 saturated carbocycles. The van der Waals surface area contributed by atoms with E-state index >= 15 is 0 Å². The van der Waals surface area contributed by atoms with Gasteiger partial charge in [0.05, 0.1) is 18.9 Å². The highest BCUT2D eigenvalue weighted by Gasteiger charge is 2.32. The van der Waals surface area contributed by atoms with Crippen molar-refractivity contribution < 1.29 is 54.0 Å². The first-order valence-electron chi connectivity index (χ1n) is 11.9. The number of hydrogen-bond donors (Lipinski definition) is 9. The van der Waals surface area contributed by atoms with Gasteiger partial charge >= 0.3 is 23.9 Å². The molecule has 2 rings (SSSR count). The number of para-hydroxylation sites is 1. The lowest BCUT2D eigenvalue weighted by molar-refractivity contribution is -0.148. The number of benzene rings is 1. The summed E-state index contributed by atoms with van der Waals surface area (Å²) >= 11 is 0. The van der Waals surface area contributed by atoms with Crippen molar-refractivity contribution in [2.24, 2.45) is 5.73 Å². The minimum atomic E-state index is -1.91. The molecule has 0 saturated heterocycles. The molecule has 0 radical (unpaired) electrons. The monoisotopic (exact) mass is 563 g/mol. The molecule has 4 atom stereocenters. The molecule has 40 heavy (non-hydrogen) atoms. The number of amides is 3. The van der Waals surface area contributed by atoms with Crippen LogP contribution in [0.1, 0.15) is 31.2 Å². The second-order valence-electron chi connectivity index (χ2n) is 8.82. The van der Waals surface area contributed by atoms with E-state index in [-0.39, 0.29) is 12.8 Å². The summed E-state index contributed by atoms with van der Waals surface area (Å²) in [5.74, 6) is -9.17. The normalized spacial score (nSPS) is 13.8. The standard InChI is InChI=1S/C24H29N5O11/c25-13(5-6-18(30)31)21(36)27-15(7-11-10-26-14-4-2-1-3-12(11)14)22(37)28-16(8-19(32)33)23(38)29-17(24(39)40)9-20(34)35/h1-4,10,13,15-17,26H,5-9,25H2,(H,27,36)(H,28,37)(H,29,38)(H,30,31)(H,32,33)(H,34,35)(H,39,40). The topological polar surface area (TPSA) is 278 Å². The summed E-state index contributed by atoms with van der Waals surface area (Å²) in [4.78, 5) is 86.1. The number of aliphatic carboxylic acids is 4. The van der Waals surface area contributed by atoms with Crippen molar-refractivity contribution in [3.05, 3.63) is 36.0 Å². The van der Waals surface area contributed by atoms with Gasteiger partial charge in [-0.3, -0.25) is 28.8 Å². The van der Waals surface area contributed by atoms with Crippen LogP contribution in [0, 0.1) is 0 Å². The molecule has 16 nitrogen and oxygen atoms in total. The van der Waals surface area contributed by atoms with Gasteiger partial charge in [-0.25, -0.2) is 4.79 Å². The van der Waals surface area contributed by atoms with Crippen LogP contribution in [0.25, 0.3) is 10.9 Å². The Hall–Kier alpha value is -4.99. The van der Waals surface area contributed by atoms with E-state index in [0.29, 0.717) is 16.5 Å². The third kappa shape index (κ3) is 9.39. The van der Waals surface area contributed by atoms with Crippen molar-refractivity contribution in [1.82, 2.24) is 20.9 Å². The number of nitrogens with two attached hydrogens (primary N) is 1. The van der Waals surface area contributed by atoms with Crippen molar-refractivity contribution in [3.8, 4) is 0 Å². The fraction of sp³-hybridized carbons (Fsp3) is 0.375. The predicted molar refractivity (Wildman–Crippen MR) is 135 cm³/mol. The van der Waals surface area contributed by atoms with Gasteiger partial charge in [-0.1, -0.05) is 18.2 Å². The largest absolute Gasteiger partial charge is 0.481 e. The Morgan fingerprint density at radius 1 is 0.750 bits per heavy atom. The van der Waals surface area contributed by atoms with E-state index in [1.54, 1.807) is 30.5 Å². The molecule has 1 aromatic heterocycles. The molecule has 1 heterocycles. The number of carboxylic acid groups (broad SMARTS) is 4. The van der Waals surface area contributed by atoms with Gasteiger partial charge in [-0.15, -0.1) is 0 Å². The summed E-state index contributed by atoms with van der Waals surface area (Å²) in [6, 6.07) is 0.512. The third-order valence-corrected chi connectivity index (χ3v) is 5.74. The molecule has 0 fully saturated rings. The quantitative estimate of drug-likeness (QED) is 0.112. The zero-order chi connectivity index (χ0) is 30.0. The number of carbonyl (C=O) groups excluding carboxylic acids is 3. The van der Waals surface area contributed by atoms with E-state index in [0.717, 1.165) is 0 Å². The number of fused-ring (bicyclic) bond motifs is 1. The number of H-pyrrole nitrogens is 1. The Bertz CT molecular complexity index is 1290. The van der Waals surface area contributed by atoms with Crippen molar-refractivity contribution in [3.63, 3.8) is 0 Å². The molecular weight excluding hydrogens is 534 g/mol. The Morgan fingerprint density at radius 2 is 1.30 bits per heavy atom. The Morgan fingerprint density at radius 3 is 1.90 bits per heavy atom. The van der Waals surface area contributed by atoms with E-state index in [1.165, 1.54) is 0 Å². The van der Waals surface area contributed by atoms with Gasteiger partial charge in [0.1, 0.15) is 18.1 Å². The third-order valence-electron chi connectivity index (χ3n) is 5.74. The maximum atomic E-state index is 13.3. The lowest BCUT2D eigenvalue weighted by Gasteiger charge is -2.24. The molecular formula is C24H29N5O11. The molecule has 2 aromatic rings. The molecule has 0 spiro atoms. The lowest BCUT2D eigenvalue weighted by atomic mass is 10.0. The number of carbonyl (C=O) groups is 7. The summed E-state index contributed by atoms with van der Waals surface area (Å²) in [6.07, 6.45) is -1.26. The molecule has 3 amide bonds. The van der Waals surface area contributed by atoms with Crippen LogP contribution in [0.3, 0.4) is 0 Å². The van der Waals surface area contributed by atoms with Crippen molar-refractivity contribution in [1.29, 1.82) is 0 Å². The summed E-state index contributed by atoms with van der Waals surface area (Å²) in [6.45, 7) is 0. The zero-order valence-electron chi connectivity index (χ0n) is 21.0. The number of hydrogen-bond acceptors (Lipinski definition) is 8. The van der Waals surface area contributed by atoms with Gasteiger partial charge in [0.2, 0.25) is 17.7 Å². The number of carboxylic acids is 4. The first-order valence-corrected chi connectivity index (χ1v) is 11.9. The predicted octanol–water partition coefficient (Wildman–Crippen LogP) is -1.61. The van der Waals surface area contributed by atoms with Crippen molar-refractivity contribution >= 4 is 52.5 Å². The Kier molecular flexibility index (Phi) is 11.1. The molecule has 0 aliphatic carbocycles. The van der Waals surface area contributed by atoms with E-state index in [2.05, 4.69) is 15.6 Å². The van der Waals surface area contributed by atoms with Crippen LogP contribution in [0.4, 0.5) is 0 Å². The van der Waals surface area contributed by atoms with Crippen LogP contribution in [0.2, 0.25) is 0 Å². The Labute approximate surface area is 225 Å². The number of aromatic amines is 1. The van der Waals surface area contributed by atoms with Crippen LogP contribution in [0.5, 0.6) is 0 Å². The SMILES string of the molecule is NC(CCC(=O)O)C(=O)NC(Cc1c[nH]c2ccccc12)C(=O)NC(CC(=O)O)C(=O)NC(CC(=O)O)C(=O)O. The van der Waals surface area contributed by atoms with Gasteiger partial charge in [0.25, 0.3) is 0 Å².